The summed E-state index contributed by atoms with van der Waals surface area (Å²) in [5.41, 5.74) is 0. The van der Waals surface area contributed by atoms with Crippen LogP contribution in [0, 0.1) is 0 Å². The molecule has 6 nitrogen and oxygen atoms in total. The molecule has 22 heavy (non-hydrogen) atoms. The van der Waals surface area contributed by atoms with E-state index in [1.165, 1.54) is 11.9 Å². The van der Waals surface area contributed by atoms with Crippen molar-refractivity contribution in [3.05, 3.63) is 12.2 Å². The van der Waals surface area contributed by atoms with Crippen LogP contribution in [0.4, 0.5) is 13.2 Å². The summed E-state index contributed by atoms with van der Waals surface area (Å²) < 4.78 is 36.1. The monoisotopic (exact) mass is 326 g/mol. The third-order valence-corrected chi connectivity index (χ3v) is 3.71. The molecular weight excluding hydrogens is 305 g/mol. The van der Waals surface area contributed by atoms with Gasteiger partial charge in [-0.25, -0.2) is 0 Å². The van der Waals surface area contributed by atoms with Crippen molar-refractivity contribution in [2.24, 2.45) is 0 Å². The van der Waals surface area contributed by atoms with Gasteiger partial charge in [0.05, 0.1) is 24.9 Å². The molecular formula is C13H21F3N2O4. The van der Waals surface area contributed by atoms with E-state index in [1.54, 1.807) is 0 Å². The molecule has 128 valence electrons. The maximum Gasteiger partial charge on any atom is 0.409 e. The van der Waals surface area contributed by atoms with Crippen LogP contribution in [0.5, 0.6) is 0 Å². The van der Waals surface area contributed by atoms with Crippen molar-refractivity contribution in [3.8, 4) is 0 Å². The van der Waals surface area contributed by atoms with Crippen LogP contribution in [0.2, 0.25) is 0 Å². The molecule has 4 atom stereocenters. The number of halogens is 3. The van der Waals surface area contributed by atoms with Gasteiger partial charge in [-0.3, -0.25) is 9.69 Å². The topological polar surface area (TPSA) is 93.0 Å². The lowest BCUT2D eigenvalue weighted by Crippen LogP contribution is -2.43. The number of aliphatic hydroxyl groups excluding tert-OH is 3. The molecule has 9 heteroatoms. The molecule has 1 aliphatic heterocycles. The Labute approximate surface area is 126 Å². The highest BCUT2D eigenvalue weighted by molar-refractivity contribution is 5.76. The minimum absolute atomic E-state index is 0.0136. The van der Waals surface area contributed by atoms with Gasteiger partial charge >= 0.3 is 6.18 Å². The summed E-state index contributed by atoms with van der Waals surface area (Å²) in [6.45, 7) is -0.390. The normalized spacial score (nSPS) is 30.1. The van der Waals surface area contributed by atoms with Gasteiger partial charge in [0.15, 0.2) is 0 Å². The molecule has 0 saturated carbocycles. The molecule has 1 rings (SSSR count). The summed E-state index contributed by atoms with van der Waals surface area (Å²) in [5, 5.41) is 31.6. The van der Waals surface area contributed by atoms with E-state index in [1.807, 2.05) is 0 Å². The highest BCUT2D eigenvalue weighted by Crippen LogP contribution is 2.28. The van der Waals surface area contributed by atoms with Crippen LogP contribution >= 0.6 is 0 Å². The Kier molecular flexibility index (Phi) is 6.79. The molecule has 1 heterocycles. The van der Waals surface area contributed by atoms with Crippen molar-refractivity contribution in [2.75, 3.05) is 20.2 Å². The Hall–Kier alpha value is -1.16. The minimum atomic E-state index is -4.40. The number of hydrogen-bond donors (Lipinski definition) is 4. The predicted octanol–water partition coefficient (Wildman–Crippen LogP) is -0.602. The van der Waals surface area contributed by atoms with Crippen molar-refractivity contribution in [3.63, 3.8) is 0 Å². The van der Waals surface area contributed by atoms with E-state index in [9.17, 15) is 33.3 Å². The van der Waals surface area contributed by atoms with E-state index in [4.69, 9.17) is 0 Å². The lowest BCUT2D eigenvalue weighted by Gasteiger charge is -2.28. The second-order valence-corrected chi connectivity index (χ2v) is 5.15. The van der Waals surface area contributed by atoms with Crippen molar-refractivity contribution >= 4 is 5.91 Å². The third-order valence-electron chi connectivity index (χ3n) is 3.71. The first kappa shape index (κ1) is 18.9. The van der Waals surface area contributed by atoms with Crippen LogP contribution < -0.4 is 5.32 Å². The zero-order valence-corrected chi connectivity index (χ0v) is 12.1. The van der Waals surface area contributed by atoms with E-state index in [-0.39, 0.29) is 31.4 Å². The van der Waals surface area contributed by atoms with Gasteiger partial charge in [-0.05, 0) is 6.42 Å². The number of nitrogens with one attached hydrogen (secondary N) is 1. The number of carbonyl (C=O) groups excluding carboxylic acids is 1. The van der Waals surface area contributed by atoms with Crippen LogP contribution in [0.1, 0.15) is 12.8 Å². The second kappa shape index (κ2) is 7.91. The van der Waals surface area contributed by atoms with Crippen LogP contribution in [0.3, 0.4) is 0 Å². The Morgan fingerprint density at radius 3 is 2.36 bits per heavy atom. The smallest absolute Gasteiger partial charge is 0.395 e. The van der Waals surface area contributed by atoms with E-state index in [0.717, 1.165) is 6.08 Å². The number of aliphatic hydroxyl groups is 3. The van der Waals surface area contributed by atoms with Gasteiger partial charge in [0.2, 0.25) is 5.91 Å². The fourth-order valence-corrected chi connectivity index (χ4v) is 2.61. The Morgan fingerprint density at radius 2 is 1.86 bits per heavy atom. The summed E-state index contributed by atoms with van der Waals surface area (Å²) in [5.74, 6) is -0.370. The number of nitrogens with zero attached hydrogens (tertiary/aromatic N) is 1. The van der Waals surface area contributed by atoms with E-state index < -0.39 is 37.1 Å². The van der Waals surface area contributed by atoms with Crippen molar-refractivity contribution in [1.29, 1.82) is 0 Å². The zero-order chi connectivity index (χ0) is 16.9. The number of carbonyl (C=O) groups is 1. The van der Waals surface area contributed by atoms with Gasteiger partial charge in [-0.15, -0.1) is 0 Å². The molecule has 4 unspecified atom stereocenters. The standard InChI is InChI=1S/C13H21F3N2O4/c1-17-10(20)6-8-11(21)12(22)9(7-19)18(8)5-3-2-4-13(14,15)16/h2,4,8-9,11-12,19,21-22H,3,5-7H2,1H3,(H,17,20). The number of hydrogen-bond acceptors (Lipinski definition) is 5. The third kappa shape index (κ3) is 4.94. The van der Waals surface area contributed by atoms with E-state index in [2.05, 4.69) is 5.32 Å². The number of allylic oxidation sites excluding steroid dienone is 1. The quantitative estimate of drug-likeness (QED) is 0.489. The first-order valence-corrected chi connectivity index (χ1v) is 6.89. The summed E-state index contributed by atoms with van der Waals surface area (Å²) in [7, 11) is 1.42. The summed E-state index contributed by atoms with van der Waals surface area (Å²) in [6.07, 6.45) is -5.97. The Bertz CT molecular complexity index is 403. The largest absolute Gasteiger partial charge is 0.409 e. The summed E-state index contributed by atoms with van der Waals surface area (Å²) in [6, 6.07) is -1.57. The van der Waals surface area contributed by atoms with Gasteiger partial charge in [0, 0.05) is 32.1 Å². The van der Waals surface area contributed by atoms with Gasteiger partial charge in [0.1, 0.15) is 0 Å². The fraction of sp³-hybridized carbons (Fsp3) is 0.769. The molecule has 1 amide bonds. The molecule has 0 aromatic rings. The highest BCUT2D eigenvalue weighted by Gasteiger charge is 2.47. The van der Waals surface area contributed by atoms with Crippen LogP contribution in [-0.2, 0) is 4.79 Å². The van der Waals surface area contributed by atoms with Crippen molar-refractivity contribution in [2.45, 2.75) is 43.3 Å². The first-order valence-electron chi connectivity index (χ1n) is 6.89. The Morgan fingerprint density at radius 1 is 1.27 bits per heavy atom. The predicted molar refractivity (Wildman–Crippen MR) is 71.9 cm³/mol. The molecule has 0 spiro atoms. The number of alkyl halides is 3. The molecule has 0 bridgehead atoms. The maximum absolute atomic E-state index is 12.0. The van der Waals surface area contributed by atoms with Gasteiger partial charge in [0.25, 0.3) is 0 Å². The molecule has 1 saturated heterocycles. The van der Waals surface area contributed by atoms with Crippen LogP contribution in [0.15, 0.2) is 12.2 Å². The fourth-order valence-electron chi connectivity index (χ4n) is 2.61. The SMILES string of the molecule is CNC(=O)CC1C(O)C(O)C(CO)N1CCC=CC(F)(F)F. The van der Waals surface area contributed by atoms with Gasteiger partial charge in [-0.1, -0.05) is 6.08 Å². The summed E-state index contributed by atoms with van der Waals surface area (Å²) in [4.78, 5) is 12.9. The van der Waals surface area contributed by atoms with Crippen LogP contribution in [0.25, 0.3) is 0 Å². The molecule has 0 radical (unpaired) electrons. The lowest BCUT2D eigenvalue weighted by atomic mass is 10.1. The van der Waals surface area contributed by atoms with E-state index >= 15 is 0 Å². The maximum atomic E-state index is 12.0. The zero-order valence-electron chi connectivity index (χ0n) is 12.1. The van der Waals surface area contributed by atoms with Crippen molar-refractivity contribution in [1.82, 2.24) is 10.2 Å². The average Bonchev–Trinajstić information content (AvgIpc) is 2.66. The summed E-state index contributed by atoms with van der Waals surface area (Å²) >= 11 is 0. The molecule has 1 aliphatic rings. The molecule has 4 N–H and O–H groups in total. The van der Waals surface area contributed by atoms with Crippen molar-refractivity contribution < 1.29 is 33.3 Å². The molecule has 0 aromatic carbocycles. The molecule has 0 aromatic heterocycles. The lowest BCUT2D eigenvalue weighted by molar-refractivity contribution is -0.122. The average molecular weight is 326 g/mol. The first-order chi connectivity index (χ1) is 10.2. The Balaban J connectivity index is 2.75. The number of likely N-dealkylation sites (tertiary alicyclic amines) is 1. The molecule has 1 fully saturated rings. The highest BCUT2D eigenvalue weighted by atomic mass is 19.4. The number of amides is 1. The van der Waals surface area contributed by atoms with Crippen LogP contribution in [-0.4, -0.2) is 76.8 Å². The molecule has 0 aliphatic carbocycles. The van der Waals surface area contributed by atoms with E-state index in [0.29, 0.717) is 0 Å². The van der Waals surface area contributed by atoms with Gasteiger partial charge < -0.3 is 20.6 Å². The second-order valence-electron chi connectivity index (χ2n) is 5.15. The minimum Gasteiger partial charge on any atom is -0.395 e. The van der Waals surface area contributed by atoms with Gasteiger partial charge in [-0.2, -0.15) is 13.2 Å². The number of rotatable bonds is 6.